The fraction of sp³-hybridized carbons (Fsp3) is 0.389. The minimum absolute atomic E-state index is 0.00649. The van der Waals surface area contributed by atoms with Crippen LogP contribution in [0, 0.1) is 6.92 Å². The third-order valence-electron chi connectivity index (χ3n) is 4.45. The van der Waals surface area contributed by atoms with Gasteiger partial charge < -0.3 is 19.5 Å². The van der Waals surface area contributed by atoms with E-state index in [1.807, 2.05) is 11.8 Å². The van der Waals surface area contributed by atoms with Gasteiger partial charge in [0.2, 0.25) is 5.88 Å². The Hall–Kier alpha value is -2.83. The largest absolute Gasteiger partial charge is 0.480 e. The second kappa shape index (κ2) is 7.38. The highest BCUT2D eigenvalue weighted by atomic mass is 16.5. The van der Waals surface area contributed by atoms with Crippen LogP contribution in [0.15, 0.2) is 30.6 Å². The number of amides is 2. The van der Waals surface area contributed by atoms with E-state index in [1.165, 1.54) is 7.11 Å². The molecule has 0 saturated carbocycles. The Balaban J connectivity index is 1.70. The van der Waals surface area contributed by atoms with Gasteiger partial charge in [-0.25, -0.2) is 4.98 Å². The van der Waals surface area contributed by atoms with E-state index in [1.54, 1.807) is 35.5 Å². The summed E-state index contributed by atoms with van der Waals surface area (Å²) in [6, 6.07) is 5.23. The van der Waals surface area contributed by atoms with E-state index in [2.05, 4.69) is 9.97 Å². The van der Waals surface area contributed by atoms with E-state index in [0.29, 0.717) is 43.2 Å². The zero-order valence-electron chi connectivity index (χ0n) is 14.5. The summed E-state index contributed by atoms with van der Waals surface area (Å²) in [5.74, 6) is 0.219. The highest BCUT2D eigenvalue weighted by Crippen LogP contribution is 2.18. The summed E-state index contributed by atoms with van der Waals surface area (Å²) in [7, 11) is 1.50. The Kier molecular flexibility index (Phi) is 5.02. The SMILES string of the molecule is COc1ncccc1C(=O)N1CCCN(C(=O)c2cc[nH]c2C)CC1. The molecule has 132 valence electrons. The summed E-state index contributed by atoms with van der Waals surface area (Å²) in [5, 5.41) is 0. The van der Waals surface area contributed by atoms with E-state index in [-0.39, 0.29) is 11.8 Å². The first-order chi connectivity index (χ1) is 12.1. The molecule has 7 nitrogen and oxygen atoms in total. The van der Waals surface area contributed by atoms with Crippen molar-refractivity contribution in [2.75, 3.05) is 33.3 Å². The predicted octanol–water partition coefficient (Wildman–Crippen LogP) is 1.72. The quantitative estimate of drug-likeness (QED) is 0.921. The van der Waals surface area contributed by atoms with Crippen molar-refractivity contribution in [3.63, 3.8) is 0 Å². The fourth-order valence-corrected chi connectivity index (χ4v) is 3.07. The Bertz CT molecular complexity index is 771. The first-order valence-corrected chi connectivity index (χ1v) is 8.33. The minimum Gasteiger partial charge on any atom is -0.480 e. The zero-order chi connectivity index (χ0) is 17.8. The highest BCUT2D eigenvalue weighted by molar-refractivity contribution is 5.97. The lowest BCUT2D eigenvalue weighted by Crippen LogP contribution is -2.37. The second-order valence-electron chi connectivity index (χ2n) is 6.01. The third kappa shape index (κ3) is 3.50. The maximum Gasteiger partial charge on any atom is 0.259 e. The number of nitrogens with zero attached hydrogens (tertiary/aromatic N) is 3. The number of ether oxygens (including phenoxy) is 1. The molecule has 0 spiro atoms. The molecular formula is C18H22N4O3. The molecule has 7 heteroatoms. The van der Waals surface area contributed by atoms with Gasteiger partial charge in [-0.15, -0.1) is 0 Å². The lowest BCUT2D eigenvalue weighted by Gasteiger charge is -2.22. The highest BCUT2D eigenvalue weighted by Gasteiger charge is 2.26. The van der Waals surface area contributed by atoms with Crippen LogP contribution in [-0.2, 0) is 0 Å². The molecule has 0 bridgehead atoms. The van der Waals surface area contributed by atoms with E-state index < -0.39 is 0 Å². The van der Waals surface area contributed by atoms with Gasteiger partial charge in [0.25, 0.3) is 11.8 Å². The fourth-order valence-electron chi connectivity index (χ4n) is 3.07. The van der Waals surface area contributed by atoms with Crippen molar-refractivity contribution in [1.82, 2.24) is 19.8 Å². The number of H-pyrrole nitrogens is 1. The number of aryl methyl sites for hydroxylation is 1. The molecule has 0 unspecified atom stereocenters. The molecule has 1 saturated heterocycles. The number of methoxy groups -OCH3 is 1. The van der Waals surface area contributed by atoms with Crippen LogP contribution in [0.4, 0.5) is 0 Å². The van der Waals surface area contributed by atoms with Crippen LogP contribution in [0.5, 0.6) is 5.88 Å². The number of hydrogen-bond acceptors (Lipinski definition) is 4. The zero-order valence-corrected chi connectivity index (χ0v) is 14.5. The lowest BCUT2D eigenvalue weighted by atomic mass is 10.2. The van der Waals surface area contributed by atoms with E-state index in [4.69, 9.17) is 4.74 Å². The average molecular weight is 342 g/mol. The topological polar surface area (TPSA) is 78.5 Å². The number of aromatic amines is 1. The number of hydrogen-bond donors (Lipinski definition) is 1. The molecule has 1 aliphatic heterocycles. The van der Waals surface area contributed by atoms with E-state index in [0.717, 1.165) is 12.1 Å². The molecule has 0 radical (unpaired) electrons. The van der Waals surface area contributed by atoms with Crippen molar-refractivity contribution in [3.8, 4) is 5.88 Å². The molecule has 1 aliphatic rings. The monoisotopic (exact) mass is 342 g/mol. The number of carbonyl (C=O) groups is 2. The van der Waals surface area contributed by atoms with Crippen molar-refractivity contribution < 1.29 is 14.3 Å². The van der Waals surface area contributed by atoms with Gasteiger partial charge in [-0.1, -0.05) is 0 Å². The molecular weight excluding hydrogens is 320 g/mol. The number of nitrogens with one attached hydrogen (secondary N) is 1. The summed E-state index contributed by atoms with van der Waals surface area (Å²) in [6.45, 7) is 4.13. The molecule has 0 aliphatic carbocycles. The summed E-state index contributed by atoms with van der Waals surface area (Å²) in [5.41, 5.74) is 2.00. The van der Waals surface area contributed by atoms with Crippen LogP contribution < -0.4 is 4.74 Å². The van der Waals surface area contributed by atoms with Gasteiger partial charge in [0.15, 0.2) is 0 Å². The second-order valence-corrected chi connectivity index (χ2v) is 6.01. The summed E-state index contributed by atoms with van der Waals surface area (Å²) >= 11 is 0. The van der Waals surface area contributed by atoms with Gasteiger partial charge in [-0.3, -0.25) is 9.59 Å². The summed E-state index contributed by atoms with van der Waals surface area (Å²) < 4.78 is 5.18. The van der Waals surface area contributed by atoms with Crippen molar-refractivity contribution in [2.45, 2.75) is 13.3 Å². The van der Waals surface area contributed by atoms with Gasteiger partial charge in [0.1, 0.15) is 5.56 Å². The number of aromatic nitrogens is 2. The van der Waals surface area contributed by atoms with E-state index in [9.17, 15) is 9.59 Å². The summed E-state index contributed by atoms with van der Waals surface area (Å²) in [4.78, 5) is 36.1. The maximum absolute atomic E-state index is 12.8. The molecule has 1 N–H and O–H groups in total. The average Bonchev–Trinajstić information content (AvgIpc) is 2.92. The number of carbonyl (C=O) groups excluding carboxylic acids is 2. The minimum atomic E-state index is -0.114. The van der Waals surface area contributed by atoms with Crippen LogP contribution in [0.2, 0.25) is 0 Å². The molecule has 3 heterocycles. The number of pyridine rings is 1. The van der Waals surface area contributed by atoms with Crippen molar-refractivity contribution in [2.24, 2.45) is 0 Å². The van der Waals surface area contributed by atoms with Crippen LogP contribution in [0.3, 0.4) is 0 Å². The summed E-state index contributed by atoms with van der Waals surface area (Å²) in [6.07, 6.45) is 4.10. The van der Waals surface area contributed by atoms with Crippen molar-refractivity contribution in [3.05, 3.63) is 47.4 Å². The molecule has 2 aromatic rings. The molecule has 0 atom stereocenters. The van der Waals surface area contributed by atoms with Gasteiger partial charge >= 0.3 is 0 Å². The first kappa shape index (κ1) is 17.0. The Labute approximate surface area is 146 Å². The maximum atomic E-state index is 12.8. The Morgan fingerprint density at radius 1 is 1.08 bits per heavy atom. The Morgan fingerprint density at radius 2 is 1.76 bits per heavy atom. The van der Waals surface area contributed by atoms with Crippen molar-refractivity contribution >= 4 is 11.8 Å². The molecule has 2 amide bonds. The molecule has 25 heavy (non-hydrogen) atoms. The van der Waals surface area contributed by atoms with Gasteiger partial charge in [0, 0.05) is 44.3 Å². The predicted molar refractivity (Wildman–Crippen MR) is 92.7 cm³/mol. The third-order valence-corrected chi connectivity index (χ3v) is 4.45. The first-order valence-electron chi connectivity index (χ1n) is 8.33. The van der Waals surface area contributed by atoms with Gasteiger partial charge in [0.05, 0.1) is 12.7 Å². The van der Waals surface area contributed by atoms with Crippen molar-refractivity contribution in [1.29, 1.82) is 0 Å². The van der Waals surface area contributed by atoms with Crippen LogP contribution >= 0.6 is 0 Å². The smallest absolute Gasteiger partial charge is 0.259 e. The van der Waals surface area contributed by atoms with Crippen LogP contribution in [0.25, 0.3) is 0 Å². The molecule has 3 rings (SSSR count). The normalized spacial score (nSPS) is 15.0. The molecule has 0 aromatic carbocycles. The molecule has 1 fully saturated rings. The van der Waals surface area contributed by atoms with Gasteiger partial charge in [-0.05, 0) is 31.5 Å². The standard InChI is InChI=1S/C18H22N4O3/c1-13-14(6-8-19-13)17(23)21-9-4-10-22(12-11-21)18(24)15-5-3-7-20-16(15)25-2/h3,5-8,19H,4,9-12H2,1-2H3. The van der Waals surface area contributed by atoms with Crippen LogP contribution in [-0.4, -0.2) is 64.9 Å². The van der Waals surface area contributed by atoms with E-state index >= 15 is 0 Å². The van der Waals surface area contributed by atoms with Crippen LogP contribution in [0.1, 0.15) is 32.8 Å². The number of rotatable bonds is 3. The molecule has 2 aromatic heterocycles. The lowest BCUT2D eigenvalue weighted by molar-refractivity contribution is 0.0716. The van der Waals surface area contributed by atoms with Gasteiger partial charge in [-0.2, -0.15) is 0 Å². The Morgan fingerprint density at radius 3 is 2.36 bits per heavy atom.